The van der Waals surface area contributed by atoms with Crippen LogP contribution >= 0.6 is 35.3 Å². The second-order valence-corrected chi connectivity index (χ2v) is 8.38. The third-order valence-corrected chi connectivity index (χ3v) is 6.15. The van der Waals surface area contributed by atoms with Gasteiger partial charge in [0.2, 0.25) is 5.91 Å². The number of aliphatic imine (C=N–C) groups is 1. The minimum atomic E-state index is -0.288. The van der Waals surface area contributed by atoms with E-state index in [9.17, 15) is 4.79 Å². The van der Waals surface area contributed by atoms with E-state index in [4.69, 9.17) is 9.73 Å². The molecule has 6 nitrogen and oxygen atoms in total. The van der Waals surface area contributed by atoms with Gasteiger partial charge in [-0.2, -0.15) is 0 Å². The number of amides is 1. The van der Waals surface area contributed by atoms with E-state index in [0.717, 1.165) is 31.0 Å². The molecule has 2 heterocycles. The maximum atomic E-state index is 13.3. The van der Waals surface area contributed by atoms with Crippen molar-refractivity contribution in [3.63, 3.8) is 0 Å². The molecule has 8 heteroatoms. The summed E-state index contributed by atoms with van der Waals surface area (Å²) in [7, 11) is 2.05. The van der Waals surface area contributed by atoms with Gasteiger partial charge in [0.1, 0.15) is 0 Å². The van der Waals surface area contributed by atoms with Gasteiger partial charge in [0.25, 0.3) is 0 Å². The number of ether oxygens (including phenoxy) is 1. The normalized spacial score (nSPS) is 15.2. The van der Waals surface area contributed by atoms with Crippen LogP contribution in [-0.2, 0) is 16.0 Å². The van der Waals surface area contributed by atoms with Crippen molar-refractivity contribution in [1.82, 2.24) is 15.1 Å². The van der Waals surface area contributed by atoms with Crippen molar-refractivity contribution >= 4 is 47.2 Å². The summed E-state index contributed by atoms with van der Waals surface area (Å²) < 4.78 is 5.42. The molecule has 170 valence electrons. The van der Waals surface area contributed by atoms with Crippen molar-refractivity contribution in [2.45, 2.75) is 19.3 Å². The number of likely N-dealkylation sites (N-methyl/N-ethyl adjacent to an activating group) is 1. The van der Waals surface area contributed by atoms with Crippen molar-refractivity contribution in [3.8, 4) is 0 Å². The number of rotatable bonds is 8. The Morgan fingerprint density at radius 1 is 1.23 bits per heavy atom. The first-order chi connectivity index (χ1) is 14.7. The number of morpholine rings is 1. The van der Waals surface area contributed by atoms with E-state index in [1.807, 2.05) is 35.2 Å². The lowest BCUT2D eigenvalue weighted by molar-refractivity contribution is -0.136. The Balaban J connectivity index is 0.00000341. The van der Waals surface area contributed by atoms with E-state index in [2.05, 4.69) is 41.7 Å². The van der Waals surface area contributed by atoms with E-state index >= 15 is 0 Å². The smallest absolute Gasteiger partial charge is 0.232 e. The first-order valence-electron chi connectivity index (χ1n) is 10.6. The molecular weight excluding hydrogens is 523 g/mol. The van der Waals surface area contributed by atoms with Gasteiger partial charge in [0.05, 0.1) is 25.7 Å². The summed E-state index contributed by atoms with van der Waals surface area (Å²) in [4.78, 5) is 23.6. The van der Waals surface area contributed by atoms with Crippen molar-refractivity contribution in [2.75, 3.05) is 53.0 Å². The second kappa shape index (κ2) is 13.7. The molecule has 1 saturated heterocycles. The molecule has 1 atom stereocenters. The molecule has 31 heavy (non-hydrogen) atoms. The van der Waals surface area contributed by atoms with Gasteiger partial charge in [-0.15, -0.1) is 35.3 Å². The maximum absolute atomic E-state index is 13.3. The number of benzene rings is 1. The molecule has 1 aromatic heterocycles. The zero-order valence-electron chi connectivity index (χ0n) is 18.3. The highest BCUT2D eigenvalue weighted by atomic mass is 127. The fourth-order valence-electron chi connectivity index (χ4n) is 3.50. The van der Waals surface area contributed by atoms with Gasteiger partial charge in [-0.3, -0.25) is 9.79 Å². The minimum absolute atomic E-state index is 0. The van der Waals surface area contributed by atoms with Gasteiger partial charge in [-0.1, -0.05) is 36.4 Å². The van der Waals surface area contributed by atoms with Gasteiger partial charge in [0.15, 0.2) is 5.96 Å². The summed E-state index contributed by atoms with van der Waals surface area (Å²) in [5.74, 6) is 0.679. The van der Waals surface area contributed by atoms with Crippen LogP contribution in [0.25, 0.3) is 0 Å². The van der Waals surface area contributed by atoms with Crippen LogP contribution in [0.3, 0.4) is 0 Å². The summed E-state index contributed by atoms with van der Waals surface area (Å²) in [6.07, 6.45) is 0.980. The Bertz CT molecular complexity index is 795. The van der Waals surface area contributed by atoms with Gasteiger partial charge < -0.3 is 19.9 Å². The third kappa shape index (κ3) is 7.76. The topological polar surface area (TPSA) is 57.2 Å². The van der Waals surface area contributed by atoms with Gasteiger partial charge in [-0.25, -0.2) is 0 Å². The van der Waals surface area contributed by atoms with Crippen LogP contribution in [0.2, 0.25) is 0 Å². The number of carbonyl (C=O) groups is 1. The van der Waals surface area contributed by atoms with E-state index in [-0.39, 0.29) is 35.8 Å². The molecule has 0 spiro atoms. The quantitative estimate of drug-likeness (QED) is 0.308. The number of thiophene rings is 1. The number of nitrogens with one attached hydrogen (secondary N) is 1. The van der Waals surface area contributed by atoms with Crippen molar-refractivity contribution < 1.29 is 9.53 Å². The SMILES string of the molecule is CCNC(=NCC(C(=O)N1CCOCC1)c1ccccc1)N(C)CCc1cccs1.I. The molecule has 1 aromatic carbocycles. The number of hydrogen-bond donors (Lipinski definition) is 1. The van der Waals surface area contributed by atoms with E-state index < -0.39 is 0 Å². The summed E-state index contributed by atoms with van der Waals surface area (Å²) in [6.45, 7) is 6.64. The molecule has 0 aliphatic carbocycles. The summed E-state index contributed by atoms with van der Waals surface area (Å²) in [6, 6.07) is 14.2. The summed E-state index contributed by atoms with van der Waals surface area (Å²) in [5, 5.41) is 5.48. The molecule has 0 bridgehead atoms. The molecule has 0 radical (unpaired) electrons. The molecule has 1 fully saturated rings. The van der Waals surface area contributed by atoms with Crippen LogP contribution in [0.1, 0.15) is 23.3 Å². The van der Waals surface area contributed by atoms with Crippen molar-refractivity contribution in [2.24, 2.45) is 4.99 Å². The number of carbonyl (C=O) groups excluding carboxylic acids is 1. The third-order valence-electron chi connectivity index (χ3n) is 5.22. The number of hydrogen-bond acceptors (Lipinski definition) is 4. The molecular formula is C23H33IN4O2S. The molecule has 1 amide bonds. The Morgan fingerprint density at radius 2 is 1.97 bits per heavy atom. The standard InChI is InChI=1S/C23H32N4O2S.HI/c1-3-24-23(26(2)12-11-20-10-7-17-30-20)25-18-21(19-8-5-4-6-9-19)22(28)27-13-15-29-16-14-27;/h4-10,17,21H,3,11-16,18H2,1-2H3,(H,24,25);1H. The van der Waals surface area contributed by atoms with Gasteiger partial charge >= 0.3 is 0 Å². The summed E-state index contributed by atoms with van der Waals surface area (Å²) >= 11 is 1.78. The Kier molecular flexibility index (Phi) is 11.3. The minimum Gasteiger partial charge on any atom is -0.378 e. The highest BCUT2D eigenvalue weighted by Crippen LogP contribution is 2.20. The number of halogens is 1. The highest BCUT2D eigenvalue weighted by Gasteiger charge is 2.27. The molecule has 3 rings (SSSR count). The van der Waals surface area contributed by atoms with Gasteiger partial charge in [-0.05, 0) is 30.4 Å². The predicted molar refractivity (Wildman–Crippen MR) is 139 cm³/mol. The number of nitrogens with zero attached hydrogens (tertiary/aromatic N) is 3. The lowest BCUT2D eigenvalue weighted by atomic mass is 9.97. The Labute approximate surface area is 206 Å². The first-order valence-corrected chi connectivity index (χ1v) is 11.5. The maximum Gasteiger partial charge on any atom is 0.232 e. The number of guanidine groups is 1. The van der Waals surface area contributed by atoms with E-state index in [0.29, 0.717) is 32.8 Å². The van der Waals surface area contributed by atoms with E-state index in [1.165, 1.54) is 4.88 Å². The van der Waals surface area contributed by atoms with Crippen LogP contribution in [0.5, 0.6) is 0 Å². The average molecular weight is 557 g/mol. The largest absolute Gasteiger partial charge is 0.378 e. The van der Waals surface area contributed by atoms with E-state index in [1.54, 1.807) is 11.3 Å². The highest BCUT2D eigenvalue weighted by molar-refractivity contribution is 14.0. The average Bonchev–Trinajstić information content (AvgIpc) is 3.32. The van der Waals surface area contributed by atoms with Gasteiger partial charge in [0, 0.05) is 38.1 Å². The van der Waals surface area contributed by atoms with Crippen molar-refractivity contribution in [1.29, 1.82) is 0 Å². The van der Waals surface area contributed by atoms with Crippen LogP contribution in [0, 0.1) is 0 Å². The van der Waals surface area contributed by atoms with Crippen molar-refractivity contribution in [3.05, 3.63) is 58.3 Å². The fourth-order valence-corrected chi connectivity index (χ4v) is 4.20. The van der Waals surface area contributed by atoms with Crippen LogP contribution in [0.4, 0.5) is 0 Å². The Morgan fingerprint density at radius 3 is 2.61 bits per heavy atom. The molecule has 0 saturated carbocycles. The van der Waals surface area contributed by atoms with Crippen LogP contribution < -0.4 is 5.32 Å². The lowest BCUT2D eigenvalue weighted by Crippen LogP contribution is -2.44. The molecule has 2 aromatic rings. The zero-order valence-corrected chi connectivity index (χ0v) is 21.5. The molecule has 1 N–H and O–H groups in total. The molecule has 1 aliphatic rings. The lowest BCUT2D eigenvalue weighted by Gasteiger charge is -2.30. The molecule has 1 aliphatic heterocycles. The van der Waals surface area contributed by atoms with Crippen LogP contribution in [0.15, 0.2) is 52.8 Å². The fraction of sp³-hybridized carbons (Fsp3) is 0.478. The van der Waals surface area contributed by atoms with Crippen LogP contribution in [-0.4, -0.2) is 74.7 Å². The predicted octanol–water partition coefficient (Wildman–Crippen LogP) is 3.45. The Hall–Kier alpha value is -1.65. The first kappa shape index (κ1) is 25.6. The second-order valence-electron chi connectivity index (χ2n) is 7.35. The molecule has 1 unspecified atom stereocenters. The monoisotopic (exact) mass is 556 g/mol. The zero-order chi connectivity index (χ0) is 21.2. The summed E-state index contributed by atoms with van der Waals surface area (Å²) in [5.41, 5.74) is 1.01.